The van der Waals surface area contributed by atoms with E-state index in [1.54, 1.807) is 0 Å². The van der Waals surface area contributed by atoms with Crippen LogP contribution in [0.4, 0.5) is 5.69 Å². The third kappa shape index (κ3) is 3.27. The number of hydrogen-bond acceptors (Lipinski definition) is 1. The van der Waals surface area contributed by atoms with Crippen LogP contribution in [0.15, 0.2) is 48.5 Å². The first-order valence-electron chi connectivity index (χ1n) is 6.24. The minimum Gasteiger partial charge on any atom is -0.383 e. The van der Waals surface area contributed by atoms with Crippen LogP contribution in [-0.2, 0) is 6.42 Å². The average Bonchev–Trinajstić information content (AvgIpc) is 2.34. The molecule has 0 aliphatic carbocycles. The zero-order valence-electron chi connectivity index (χ0n) is 10.8. The van der Waals surface area contributed by atoms with Crippen molar-refractivity contribution in [1.29, 1.82) is 0 Å². The molecule has 2 heteroatoms. The lowest BCUT2D eigenvalue weighted by Crippen LogP contribution is -2.11. The quantitative estimate of drug-likeness (QED) is 0.835. The highest BCUT2D eigenvalue weighted by atomic mass is 35.5. The van der Waals surface area contributed by atoms with Gasteiger partial charge in [0.25, 0.3) is 0 Å². The zero-order chi connectivity index (χ0) is 13.0. The molecule has 0 saturated carbocycles. The normalized spacial score (nSPS) is 10.7. The summed E-state index contributed by atoms with van der Waals surface area (Å²) in [5, 5.41) is 4.30. The SMILES string of the molecule is CC(C)Nc1ccccc1Cc1ccccc1Cl. The first kappa shape index (κ1) is 13.0. The molecule has 2 aromatic rings. The predicted molar refractivity (Wildman–Crippen MR) is 79.5 cm³/mol. The molecule has 94 valence electrons. The Bertz CT molecular complexity index is 520. The second-order valence-corrected chi connectivity index (χ2v) is 5.13. The number of rotatable bonds is 4. The Hall–Kier alpha value is -1.47. The van der Waals surface area contributed by atoms with Gasteiger partial charge in [-0.15, -0.1) is 0 Å². The Kier molecular flexibility index (Phi) is 4.27. The number of hydrogen-bond donors (Lipinski definition) is 1. The molecular formula is C16H18ClN. The van der Waals surface area contributed by atoms with E-state index in [0.29, 0.717) is 6.04 Å². The second-order valence-electron chi connectivity index (χ2n) is 4.72. The van der Waals surface area contributed by atoms with Crippen molar-refractivity contribution >= 4 is 17.3 Å². The molecule has 0 unspecified atom stereocenters. The van der Waals surface area contributed by atoms with E-state index < -0.39 is 0 Å². The fraction of sp³-hybridized carbons (Fsp3) is 0.250. The van der Waals surface area contributed by atoms with Gasteiger partial charge in [-0.05, 0) is 37.1 Å². The van der Waals surface area contributed by atoms with Crippen molar-refractivity contribution in [1.82, 2.24) is 0 Å². The summed E-state index contributed by atoms with van der Waals surface area (Å²) in [4.78, 5) is 0. The van der Waals surface area contributed by atoms with Gasteiger partial charge in [0.1, 0.15) is 0 Å². The fourth-order valence-electron chi connectivity index (χ4n) is 1.97. The number of halogens is 1. The van der Waals surface area contributed by atoms with Crippen LogP contribution in [0, 0.1) is 0 Å². The van der Waals surface area contributed by atoms with Crippen LogP contribution in [0.1, 0.15) is 25.0 Å². The van der Waals surface area contributed by atoms with Gasteiger partial charge in [-0.25, -0.2) is 0 Å². The number of anilines is 1. The highest BCUT2D eigenvalue weighted by molar-refractivity contribution is 6.31. The summed E-state index contributed by atoms with van der Waals surface area (Å²) in [5.41, 5.74) is 3.63. The van der Waals surface area contributed by atoms with Crippen molar-refractivity contribution in [2.75, 3.05) is 5.32 Å². The summed E-state index contributed by atoms with van der Waals surface area (Å²) in [6.45, 7) is 4.29. The molecule has 0 radical (unpaired) electrons. The fourth-order valence-corrected chi connectivity index (χ4v) is 2.18. The summed E-state index contributed by atoms with van der Waals surface area (Å²) in [5.74, 6) is 0. The Morgan fingerprint density at radius 1 is 0.944 bits per heavy atom. The number of nitrogens with one attached hydrogen (secondary N) is 1. The molecule has 0 fully saturated rings. The number of para-hydroxylation sites is 1. The van der Waals surface area contributed by atoms with Gasteiger partial charge in [-0.2, -0.15) is 0 Å². The number of benzene rings is 2. The van der Waals surface area contributed by atoms with Crippen LogP contribution < -0.4 is 5.32 Å². The lowest BCUT2D eigenvalue weighted by Gasteiger charge is -2.15. The smallest absolute Gasteiger partial charge is 0.0441 e. The summed E-state index contributed by atoms with van der Waals surface area (Å²) in [7, 11) is 0. The van der Waals surface area contributed by atoms with Gasteiger partial charge in [0.2, 0.25) is 0 Å². The van der Waals surface area contributed by atoms with Gasteiger partial charge in [-0.3, -0.25) is 0 Å². The van der Waals surface area contributed by atoms with Gasteiger partial charge in [-0.1, -0.05) is 48.0 Å². The molecule has 0 amide bonds. The minimum atomic E-state index is 0.428. The minimum absolute atomic E-state index is 0.428. The Balaban J connectivity index is 2.26. The molecule has 2 aromatic carbocycles. The summed E-state index contributed by atoms with van der Waals surface area (Å²) >= 11 is 6.21. The van der Waals surface area contributed by atoms with E-state index in [2.05, 4.69) is 49.5 Å². The van der Waals surface area contributed by atoms with Crippen LogP contribution >= 0.6 is 11.6 Å². The molecule has 18 heavy (non-hydrogen) atoms. The maximum Gasteiger partial charge on any atom is 0.0441 e. The molecule has 1 nitrogen and oxygen atoms in total. The van der Waals surface area contributed by atoms with Crippen molar-refractivity contribution in [3.05, 3.63) is 64.7 Å². The van der Waals surface area contributed by atoms with Crippen LogP contribution in [0.5, 0.6) is 0 Å². The van der Waals surface area contributed by atoms with Crippen LogP contribution in [0.25, 0.3) is 0 Å². The molecule has 1 N–H and O–H groups in total. The van der Waals surface area contributed by atoms with Crippen LogP contribution in [-0.4, -0.2) is 6.04 Å². The predicted octanol–water partition coefficient (Wildman–Crippen LogP) is 4.75. The third-order valence-electron chi connectivity index (χ3n) is 2.80. The molecule has 2 rings (SSSR count). The standard InChI is InChI=1S/C16H18ClN/c1-12(2)18-16-10-6-4-8-14(16)11-13-7-3-5-9-15(13)17/h3-10,12,18H,11H2,1-2H3. The topological polar surface area (TPSA) is 12.0 Å². The van der Waals surface area contributed by atoms with Crippen molar-refractivity contribution in [2.45, 2.75) is 26.3 Å². The first-order valence-corrected chi connectivity index (χ1v) is 6.62. The molecule has 0 aromatic heterocycles. The Labute approximate surface area is 114 Å². The maximum absolute atomic E-state index is 6.21. The first-order chi connectivity index (χ1) is 8.66. The molecule has 0 atom stereocenters. The van der Waals surface area contributed by atoms with Crippen LogP contribution in [0.3, 0.4) is 0 Å². The second kappa shape index (κ2) is 5.92. The van der Waals surface area contributed by atoms with Crippen molar-refractivity contribution in [3.8, 4) is 0 Å². The van der Waals surface area contributed by atoms with Gasteiger partial charge < -0.3 is 5.32 Å². The van der Waals surface area contributed by atoms with E-state index in [-0.39, 0.29) is 0 Å². The molecule has 0 heterocycles. The van der Waals surface area contributed by atoms with Gasteiger partial charge in [0.05, 0.1) is 0 Å². The maximum atomic E-state index is 6.21. The largest absolute Gasteiger partial charge is 0.383 e. The van der Waals surface area contributed by atoms with Gasteiger partial charge in [0.15, 0.2) is 0 Å². The van der Waals surface area contributed by atoms with E-state index in [1.807, 2.05) is 18.2 Å². The summed E-state index contributed by atoms with van der Waals surface area (Å²) in [6, 6.07) is 16.8. The van der Waals surface area contributed by atoms with E-state index >= 15 is 0 Å². The summed E-state index contributed by atoms with van der Waals surface area (Å²) in [6.07, 6.45) is 0.857. The molecular weight excluding hydrogens is 242 g/mol. The monoisotopic (exact) mass is 259 g/mol. The summed E-state index contributed by atoms with van der Waals surface area (Å²) < 4.78 is 0. The molecule has 0 saturated heterocycles. The van der Waals surface area contributed by atoms with E-state index in [1.165, 1.54) is 11.3 Å². The van der Waals surface area contributed by atoms with E-state index in [4.69, 9.17) is 11.6 Å². The Morgan fingerprint density at radius 2 is 1.56 bits per heavy atom. The van der Waals surface area contributed by atoms with Gasteiger partial charge in [0, 0.05) is 23.2 Å². The highest BCUT2D eigenvalue weighted by Crippen LogP contribution is 2.23. The molecule has 0 bridgehead atoms. The van der Waals surface area contributed by atoms with Crippen molar-refractivity contribution < 1.29 is 0 Å². The molecule has 0 aliphatic rings. The van der Waals surface area contributed by atoms with E-state index in [0.717, 1.165) is 17.0 Å². The van der Waals surface area contributed by atoms with Gasteiger partial charge >= 0.3 is 0 Å². The van der Waals surface area contributed by atoms with E-state index in [9.17, 15) is 0 Å². The van der Waals surface area contributed by atoms with Crippen molar-refractivity contribution in [3.63, 3.8) is 0 Å². The average molecular weight is 260 g/mol. The third-order valence-corrected chi connectivity index (χ3v) is 3.17. The molecule has 0 spiro atoms. The van der Waals surface area contributed by atoms with Crippen molar-refractivity contribution in [2.24, 2.45) is 0 Å². The van der Waals surface area contributed by atoms with Crippen LogP contribution in [0.2, 0.25) is 5.02 Å². The highest BCUT2D eigenvalue weighted by Gasteiger charge is 2.06. The molecule has 0 aliphatic heterocycles. The lowest BCUT2D eigenvalue weighted by atomic mass is 10.0. The Morgan fingerprint density at radius 3 is 2.22 bits per heavy atom. The lowest BCUT2D eigenvalue weighted by molar-refractivity contribution is 0.895. The zero-order valence-corrected chi connectivity index (χ0v) is 11.5.